The number of Topliss-reactive ketones (excluding diaryl/α,β-unsaturated/α-hetero) is 1. The van der Waals surface area contributed by atoms with Crippen molar-refractivity contribution >= 4 is 17.1 Å². The number of hydrogen-bond donors (Lipinski definition) is 0. The van der Waals surface area contributed by atoms with Crippen molar-refractivity contribution in [1.82, 2.24) is 9.88 Å². The van der Waals surface area contributed by atoms with E-state index in [4.69, 9.17) is 0 Å². The summed E-state index contributed by atoms with van der Waals surface area (Å²) in [4.78, 5) is 18.4. The summed E-state index contributed by atoms with van der Waals surface area (Å²) in [6.45, 7) is 1.74. The van der Waals surface area contributed by atoms with Crippen molar-refractivity contribution in [2.45, 2.75) is 38.6 Å². The van der Waals surface area contributed by atoms with Crippen molar-refractivity contribution < 1.29 is 4.79 Å². The van der Waals surface area contributed by atoms with Crippen molar-refractivity contribution in [3.8, 4) is 0 Å². The molecule has 1 aromatic rings. The Balaban J connectivity index is 1.84. The van der Waals surface area contributed by atoms with Crippen molar-refractivity contribution in [3.63, 3.8) is 0 Å². The maximum absolute atomic E-state index is 11.9. The third-order valence-corrected chi connectivity index (χ3v) is 4.01. The van der Waals surface area contributed by atoms with Gasteiger partial charge < -0.3 is 0 Å². The minimum atomic E-state index is 0.251. The number of carbonyl (C=O) groups excluding carboxylic acids is 1. The van der Waals surface area contributed by atoms with Crippen LogP contribution in [0, 0.1) is 5.92 Å². The lowest BCUT2D eigenvalue weighted by Crippen LogP contribution is -2.29. The predicted octanol–water partition coefficient (Wildman–Crippen LogP) is 2.72. The first-order valence-electron chi connectivity index (χ1n) is 6.34. The standard InChI is InChI=1S/C13H20N2OS/c1-15(8-12-9-17-10-14-12)7-11-5-3-2-4-6-13(11)16/h9-11H,2-8H2,1H3. The molecule has 1 aliphatic rings. The van der Waals surface area contributed by atoms with Crippen LogP contribution < -0.4 is 0 Å². The highest BCUT2D eigenvalue weighted by atomic mass is 32.1. The zero-order valence-electron chi connectivity index (χ0n) is 10.4. The highest BCUT2D eigenvalue weighted by Crippen LogP contribution is 2.21. The van der Waals surface area contributed by atoms with Crippen molar-refractivity contribution in [2.75, 3.05) is 13.6 Å². The quantitative estimate of drug-likeness (QED) is 0.773. The third kappa shape index (κ3) is 3.89. The SMILES string of the molecule is CN(Cc1cscn1)CC1CCCCCC1=O. The van der Waals surface area contributed by atoms with Gasteiger partial charge in [-0.2, -0.15) is 0 Å². The van der Waals surface area contributed by atoms with E-state index in [1.54, 1.807) is 11.3 Å². The molecule has 1 aromatic heterocycles. The Hall–Kier alpha value is -0.740. The van der Waals surface area contributed by atoms with Crippen molar-refractivity contribution in [3.05, 3.63) is 16.6 Å². The third-order valence-electron chi connectivity index (χ3n) is 3.38. The van der Waals surface area contributed by atoms with Gasteiger partial charge in [-0.1, -0.05) is 12.8 Å². The molecule has 4 heteroatoms. The van der Waals surface area contributed by atoms with Crippen LogP contribution in [-0.4, -0.2) is 29.3 Å². The van der Waals surface area contributed by atoms with Crippen LogP contribution in [0.3, 0.4) is 0 Å². The van der Waals surface area contributed by atoms with Gasteiger partial charge in [0, 0.05) is 30.8 Å². The van der Waals surface area contributed by atoms with E-state index in [9.17, 15) is 4.79 Å². The Morgan fingerprint density at radius 2 is 2.35 bits per heavy atom. The first-order chi connectivity index (χ1) is 8.25. The van der Waals surface area contributed by atoms with E-state index in [0.717, 1.165) is 38.0 Å². The van der Waals surface area contributed by atoms with Gasteiger partial charge in [0.2, 0.25) is 0 Å². The number of nitrogens with zero attached hydrogens (tertiary/aromatic N) is 2. The monoisotopic (exact) mass is 252 g/mol. The van der Waals surface area contributed by atoms with Gasteiger partial charge in [-0.15, -0.1) is 11.3 Å². The molecule has 94 valence electrons. The van der Waals surface area contributed by atoms with Gasteiger partial charge in [0.25, 0.3) is 0 Å². The molecular formula is C13H20N2OS. The number of hydrogen-bond acceptors (Lipinski definition) is 4. The summed E-state index contributed by atoms with van der Waals surface area (Å²) in [6, 6.07) is 0. The lowest BCUT2D eigenvalue weighted by atomic mass is 9.98. The highest BCUT2D eigenvalue weighted by molar-refractivity contribution is 7.07. The number of ketones is 1. The van der Waals surface area contributed by atoms with Gasteiger partial charge in [0.1, 0.15) is 5.78 Å². The molecule has 0 radical (unpaired) electrons. The second-order valence-electron chi connectivity index (χ2n) is 4.94. The Bertz CT molecular complexity index is 350. The summed E-state index contributed by atoms with van der Waals surface area (Å²) in [7, 11) is 2.08. The molecule has 1 fully saturated rings. The number of thiazole rings is 1. The van der Waals surface area contributed by atoms with Gasteiger partial charge in [-0.3, -0.25) is 9.69 Å². The van der Waals surface area contributed by atoms with E-state index in [1.165, 1.54) is 12.8 Å². The molecule has 0 amide bonds. The zero-order valence-corrected chi connectivity index (χ0v) is 11.2. The van der Waals surface area contributed by atoms with E-state index >= 15 is 0 Å². The van der Waals surface area contributed by atoms with E-state index in [0.29, 0.717) is 5.78 Å². The highest BCUT2D eigenvalue weighted by Gasteiger charge is 2.22. The molecule has 17 heavy (non-hydrogen) atoms. The fourth-order valence-corrected chi connectivity index (χ4v) is 3.01. The average molecular weight is 252 g/mol. The molecule has 0 spiro atoms. The number of rotatable bonds is 4. The van der Waals surface area contributed by atoms with Crippen LogP contribution in [0.15, 0.2) is 10.9 Å². The summed E-state index contributed by atoms with van der Waals surface area (Å²) in [6.07, 6.45) is 5.37. The molecule has 0 N–H and O–H groups in total. The molecular weight excluding hydrogens is 232 g/mol. The topological polar surface area (TPSA) is 33.2 Å². The van der Waals surface area contributed by atoms with Crippen LogP contribution in [-0.2, 0) is 11.3 Å². The largest absolute Gasteiger partial charge is 0.300 e. The molecule has 2 rings (SSSR count). The summed E-state index contributed by atoms with van der Waals surface area (Å²) < 4.78 is 0. The number of aromatic nitrogens is 1. The molecule has 0 aliphatic heterocycles. The summed E-state index contributed by atoms with van der Waals surface area (Å²) in [5.41, 5.74) is 2.97. The fraction of sp³-hybridized carbons (Fsp3) is 0.692. The van der Waals surface area contributed by atoms with E-state index in [2.05, 4.69) is 22.3 Å². The summed E-state index contributed by atoms with van der Waals surface area (Å²) >= 11 is 1.63. The average Bonchev–Trinajstić information content (AvgIpc) is 2.71. The Morgan fingerprint density at radius 3 is 3.12 bits per heavy atom. The molecule has 0 saturated heterocycles. The van der Waals surface area contributed by atoms with Crippen molar-refractivity contribution in [1.29, 1.82) is 0 Å². The molecule has 0 bridgehead atoms. The molecule has 0 aromatic carbocycles. The lowest BCUT2D eigenvalue weighted by Gasteiger charge is -2.21. The minimum absolute atomic E-state index is 0.251. The Labute approximate surface area is 107 Å². The van der Waals surface area contributed by atoms with Gasteiger partial charge in [0.15, 0.2) is 0 Å². The fourth-order valence-electron chi connectivity index (χ4n) is 2.46. The molecule has 1 unspecified atom stereocenters. The number of carbonyl (C=O) groups is 1. The van der Waals surface area contributed by atoms with Crippen LogP contribution in [0.2, 0.25) is 0 Å². The smallest absolute Gasteiger partial charge is 0.137 e. The maximum Gasteiger partial charge on any atom is 0.137 e. The summed E-state index contributed by atoms with van der Waals surface area (Å²) in [5, 5.41) is 2.07. The first kappa shape index (κ1) is 12.7. The first-order valence-corrected chi connectivity index (χ1v) is 7.28. The second-order valence-corrected chi connectivity index (χ2v) is 5.66. The normalized spacial score (nSPS) is 21.8. The van der Waals surface area contributed by atoms with Crippen LogP contribution in [0.1, 0.15) is 37.8 Å². The maximum atomic E-state index is 11.9. The Kier molecular flexibility index (Phi) is 4.68. The minimum Gasteiger partial charge on any atom is -0.300 e. The van der Waals surface area contributed by atoms with Crippen LogP contribution in [0.4, 0.5) is 0 Å². The van der Waals surface area contributed by atoms with E-state index in [-0.39, 0.29) is 5.92 Å². The van der Waals surface area contributed by atoms with Crippen LogP contribution in [0.25, 0.3) is 0 Å². The van der Waals surface area contributed by atoms with Gasteiger partial charge in [-0.25, -0.2) is 4.98 Å². The van der Waals surface area contributed by atoms with Gasteiger partial charge in [0.05, 0.1) is 11.2 Å². The van der Waals surface area contributed by atoms with Gasteiger partial charge in [-0.05, 0) is 19.9 Å². The second kappa shape index (κ2) is 6.26. The van der Waals surface area contributed by atoms with Crippen LogP contribution in [0.5, 0.6) is 0 Å². The lowest BCUT2D eigenvalue weighted by molar-refractivity contribution is -0.123. The predicted molar refractivity (Wildman–Crippen MR) is 70.0 cm³/mol. The molecule has 1 saturated carbocycles. The molecule has 1 atom stereocenters. The van der Waals surface area contributed by atoms with Gasteiger partial charge >= 0.3 is 0 Å². The Morgan fingerprint density at radius 1 is 1.47 bits per heavy atom. The summed E-state index contributed by atoms with van der Waals surface area (Å²) in [5.74, 6) is 0.716. The van der Waals surface area contributed by atoms with Crippen LogP contribution >= 0.6 is 11.3 Å². The zero-order chi connectivity index (χ0) is 12.1. The molecule has 3 nitrogen and oxygen atoms in total. The molecule has 1 heterocycles. The van der Waals surface area contributed by atoms with Crippen molar-refractivity contribution in [2.24, 2.45) is 5.92 Å². The molecule has 1 aliphatic carbocycles. The van der Waals surface area contributed by atoms with E-state index < -0.39 is 0 Å². The van der Waals surface area contributed by atoms with E-state index in [1.807, 2.05) is 5.51 Å².